The standard InChI is InChI=1S/C35H34N2O10S/c1-7-44-27-16-21(11-13-26(27)46-18-29(38)42-5)31-30(34(41)45-8-2)20(4)36-35-37(31)32(39)28(48-35)17-23-12-14-25(47-23)24-15-22(33(40)43-6)10-9-19(24)3/h9-17,31H,7-8,18H2,1-6H3/b28-17-/t31-/m1/s1. The normalized spacial score (nSPS) is 14.2. The van der Waals surface area contributed by atoms with Gasteiger partial charge < -0.3 is 28.1 Å². The zero-order valence-corrected chi connectivity index (χ0v) is 28.1. The van der Waals surface area contributed by atoms with Gasteiger partial charge in [0.15, 0.2) is 22.9 Å². The van der Waals surface area contributed by atoms with Crippen LogP contribution in [0.3, 0.4) is 0 Å². The van der Waals surface area contributed by atoms with Gasteiger partial charge in [0.2, 0.25) is 0 Å². The van der Waals surface area contributed by atoms with Gasteiger partial charge in [-0.2, -0.15) is 0 Å². The molecular weight excluding hydrogens is 640 g/mol. The Morgan fingerprint density at radius 3 is 2.44 bits per heavy atom. The van der Waals surface area contributed by atoms with Gasteiger partial charge in [-0.25, -0.2) is 19.4 Å². The van der Waals surface area contributed by atoms with Crippen LogP contribution in [0.15, 0.2) is 74.0 Å². The summed E-state index contributed by atoms with van der Waals surface area (Å²) in [4.78, 5) is 56.3. The monoisotopic (exact) mass is 674 g/mol. The molecule has 250 valence electrons. The van der Waals surface area contributed by atoms with Crippen molar-refractivity contribution in [3.8, 4) is 22.8 Å². The van der Waals surface area contributed by atoms with Crippen molar-refractivity contribution in [2.75, 3.05) is 34.0 Å². The van der Waals surface area contributed by atoms with Crippen molar-refractivity contribution in [2.24, 2.45) is 4.99 Å². The zero-order valence-electron chi connectivity index (χ0n) is 27.3. The van der Waals surface area contributed by atoms with Crippen LogP contribution in [0.4, 0.5) is 0 Å². The van der Waals surface area contributed by atoms with Gasteiger partial charge in [0.25, 0.3) is 5.56 Å². The summed E-state index contributed by atoms with van der Waals surface area (Å²) in [6.07, 6.45) is 1.61. The molecule has 0 aliphatic carbocycles. The molecule has 2 aromatic heterocycles. The Kier molecular flexibility index (Phi) is 10.3. The van der Waals surface area contributed by atoms with E-state index in [0.717, 1.165) is 16.9 Å². The van der Waals surface area contributed by atoms with Crippen molar-refractivity contribution in [1.82, 2.24) is 4.57 Å². The Morgan fingerprint density at radius 1 is 0.938 bits per heavy atom. The second-order valence-electron chi connectivity index (χ2n) is 10.5. The first-order valence-electron chi connectivity index (χ1n) is 15.0. The number of carbonyl (C=O) groups is 3. The summed E-state index contributed by atoms with van der Waals surface area (Å²) in [7, 11) is 2.58. The number of ether oxygens (including phenoxy) is 5. The van der Waals surface area contributed by atoms with Crippen LogP contribution >= 0.6 is 11.3 Å². The Labute approximate surface area is 279 Å². The molecule has 0 radical (unpaired) electrons. The number of aromatic nitrogens is 1. The maximum Gasteiger partial charge on any atom is 0.343 e. The molecule has 48 heavy (non-hydrogen) atoms. The Hall–Kier alpha value is -5.43. The Morgan fingerprint density at radius 2 is 1.73 bits per heavy atom. The summed E-state index contributed by atoms with van der Waals surface area (Å²) in [6, 6.07) is 12.7. The highest BCUT2D eigenvalue weighted by Crippen LogP contribution is 2.36. The van der Waals surface area contributed by atoms with E-state index in [1.165, 1.54) is 18.8 Å². The molecular formula is C35H34N2O10S. The van der Waals surface area contributed by atoms with Crippen LogP contribution in [0.5, 0.6) is 11.5 Å². The molecule has 0 bridgehead atoms. The molecule has 1 aliphatic rings. The largest absolute Gasteiger partial charge is 0.490 e. The molecule has 12 nitrogen and oxygen atoms in total. The van der Waals surface area contributed by atoms with Gasteiger partial charge in [0.05, 0.1) is 54.8 Å². The lowest BCUT2D eigenvalue weighted by molar-refractivity contribution is -0.143. The van der Waals surface area contributed by atoms with Crippen LogP contribution in [-0.2, 0) is 23.8 Å². The van der Waals surface area contributed by atoms with Crippen LogP contribution in [-0.4, -0.2) is 56.5 Å². The molecule has 13 heteroatoms. The summed E-state index contributed by atoms with van der Waals surface area (Å²) in [5.74, 6) is -0.123. The average molecular weight is 675 g/mol. The van der Waals surface area contributed by atoms with E-state index in [2.05, 4.69) is 9.73 Å². The van der Waals surface area contributed by atoms with Crippen molar-refractivity contribution >= 4 is 35.3 Å². The zero-order chi connectivity index (χ0) is 34.5. The van der Waals surface area contributed by atoms with Gasteiger partial charge in [-0.15, -0.1) is 0 Å². The number of allylic oxidation sites excluding steroid dienone is 1. The highest BCUT2D eigenvalue weighted by atomic mass is 32.1. The van der Waals surface area contributed by atoms with E-state index in [1.807, 2.05) is 6.92 Å². The van der Waals surface area contributed by atoms with Crippen LogP contribution in [0, 0.1) is 6.92 Å². The molecule has 3 heterocycles. The summed E-state index contributed by atoms with van der Waals surface area (Å²) >= 11 is 1.15. The van der Waals surface area contributed by atoms with E-state index in [4.69, 9.17) is 23.4 Å². The Bertz CT molecular complexity index is 2100. The molecule has 0 saturated heterocycles. The van der Waals surface area contributed by atoms with E-state index >= 15 is 0 Å². The molecule has 1 aliphatic heterocycles. The predicted molar refractivity (Wildman–Crippen MR) is 176 cm³/mol. The van der Waals surface area contributed by atoms with Gasteiger partial charge >= 0.3 is 17.9 Å². The summed E-state index contributed by atoms with van der Waals surface area (Å²) < 4.78 is 34.2. The third-order valence-electron chi connectivity index (χ3n) is 7.50. The number of thiazole rings is 1. The van der Waals surface area contributed by atoms with E-state index in [0.29, 0.717) is 49.0 Å². The van der Waals surface area contributed by atoms with Gasteiger partial charge in [0.1, 0.15) is 11.5 Å². The van der Waals surface area contributed by atoms with Gasteiger partial charge in [0, 0.05) is 11.6 Å². The number of rotatable bonds is 11. The third kappa shape index (κ3) is 6.81. The topological polar surface area (TPSA) is 145 Å². The second kappa shape index (κ2) is 14.6. The van der Waals surface area contributed by atoms with Crippen molar-refractivity contribution in [2.45, 2.75) is 33.7 Å². The molecule has 0 saturated carbocycles. The van der Waals surface area contributed by atoms with E-state index in [1.54, 1.807) is 75.4 Å². The van der Waals surface area contributed by atoms with Crippen LogP contribution < -0.4 is 24.4 Å². The summed E-state index contributed by atoms with van der Waals surface area (Å²) in [5, 5.41) is 0. The highest BCUT2D eigenvalue weighted by Gasteiger charge is 2.34. The van der Waals surface area contributed by atoms with Crippen molar-refractivity contribution in [3.63, 3.8) is 0 Å². The minimum atomic E-state index is -0.910. The number of aryl methyl sites for hydroxylation is 1. The summed E-state index contributed by atoms with van der Waals surface area (Å²) in [6.45, 7) is 7.17. The highest BCUT2D eigenvalue weighted by molar-refractivity contribution is 7.07. The molecule has 0 fully saturated rings. The first-order chi connectivity index (χ1) is 23.1. The molecule has 5 rings (SSSR count). The van der Waals surface area contributed by atoms with Gasteiger partial charge in [-0.3, -0.25) is 9.36 Å². The number of nitrogens with zero attached hydrogens (tertiary/aromatic N) is 2. The number of esters is 3. The molecule has 4 aromatic rings. The summed E-state index contributed by atoms with van der Waals surface area (Å²) in [5.41, 5.74) is 2.71. The fraction of sp³-hybridized carbons (Fsp3) is 0.286. The predicted octanol–water partition coefficient (Wildman–Crippen LogP) is 4.10. The lowest BCUT2D eigenvalue weighted by Crippen LogP contribution is -2.40. The molecule has 2 aromatic carbocycles. The number of furan rings is 1. The number of carbonyl (C=O) groups excluding carboxylic acids is 3. The first-order valence-corrected chi connectivity index (χ1v) is 15.9. The Balaban J connectivity index is 1.61. The average Bonchev–Trinajstić information content (AvgIpc) is 3.66. The molecule has 0 N–H and O–H groups in total. The second-order valence-corrected chi connectivity index (χ2v) is 11.5. The van der Waals surface area contributed by atoms with Crippen LogP contribution in [0.2, 0.25) is 0 Å². The van der Waals surface area contributed by atoms with Crippen LogP contribution in [0.1, 0.15) is 54.1 Å². The number of methoxy groups -OCH3 is 2. The fourth-order valence-electron chi connectivity index (χ4n) is 5.22. The molecule has 0 spiro atoms. The molecule has 0 amide bonds. The number of benzene rings is 2. The van der Waals surface area contributed by atoms with Crippen molar-refractivity contribution in [3.05, 3.63) is 102 Å². The fourth-order valence-corrected chi connectivity index (χ4v) is 6.25. The van der Waals surface area contributed by atoms with Crippen molar-refractivity contribution < 1.29 is 42.5 Å². The number of fused-ring (bicyclic) bond motifs is 1. The maximum absolute atomic E-state index is 14.1. The number of hydrogen-bond donors (Lipinski definition) is 0. The van der Waals surface area contributed by atoms with E-state index in [9.17, 15) is 19.2 Å². The molecule has 1 atom stereocenters. The molecule has 0 unspecified atom stereocenters. The van der Waals surface area contributed by atoms with E-state index < -0.39 is 29.5 Å². The minimum Gasteiger partial charge on any atom is -0.490 e. The quantitative estimate of drug-likeness (QED) is 0.168. The van der Waals surface area contributed by atoms with Gasteiger partial charge in [-0.05, 0) is 75.2 Å². The minimum absolute atomic E-state index is 0.125. The lowest BCUT2D eigenvalue weighted by Gasteiger charge is -2.25. The smallest absolute Gasteiger partial charge is 0.343 e. The lowest BCUT2D eigenvalue weighted by atomic mass is 9.95. The van der Waals surface area contributed by atoms with E-state index in [-0.39, 0.29) is 31.1 Å². The van der Waals surface area contributed by atoms with Gasteiger partial charge in [-0.1, -0.05) is 23.5 Å². The third-order valence-corrected chi connectivity index (χ3v) is 8.48. The maximum atomic E-state index is 14.1. The SMILES string of the molecule is CCOC(=O)C1=C(C)N=c2s/c(=C\c3ccc(-c4cc(C(=O)OC)ccc4C)o3)c(=O)n2[C@@H]1c1ccc(OCC(=O)OC)c(OCC)c1. The van der Waals surface area contributed by atoms with Crippen molar-refractivity contribution in [1.29, 1.82) is 0 Å². The number of hydrogen-bond acceptors (Lipinski definition) is 12. The van der Waals surface area contributed by atoms with Crippen LogP contribution in [0.25, 0.3) is 17.4 Å². The first kappa shape index (κ1) is 33.9.